The first-order valence-electron chi connectivity index (χ1n) is 6.04. The van der Waals surface area contributed by atoms with Crippen LogP contribution in [0, 0.1) is 5.92 Å². The average Bonchev–Trinajstić information content (AvgIpc) is 2.31. The van der Waals surface area contributed by atoms with Gasteiger partial charge >= 0.3 is 0 Å². The zero-order valence-electron chi connectivity index (χ0n) is 10.8. The van der Waals surface area contributed by atoms with Gasteiger partial charge in [-0.05, 0) is 23.6 Å². The highest BCUT2D eigenvalue weighted by Crippen LogP contribution is 2.13. The summed E-state index contributed by atoms with van der Waals surface area (Å²) in [5.74, 6) is 0.861. The fraction of sp³-hybridized carbons (Fsp3) is 0.500. The predicted molar refractivity (Wildman–Crippen MR) is 68.7 cm³/mol. The SMILES string of the molecule is CCC(C)CC(=O)N(C)Cc1ccc(O)cc1. The van der Waals surface area contributed by atoms with E-state index in [0.717, 1.165) is 12.0 Å². The first kappa shape index (κ1) is 13.6. The van der Waals surface area contributed by atoms with E-state index in [-0.39, 0.29) is 11.7 Å². The number of carbonyl (C=O) groups is 1. The maximum atomic E-state index is 11.9. The minimum Gasteiger partial charge on any atom is -0.508 e. The van der Waals surface area contributed by atoms with E-state index in [1.807, 2.05) is 19.2 Å². The van der Waals surface area contributed by atoms with Gasteiger partial charge in [-0.15, -0.1) is 0 Å². The quantitative estimate of drug-likeness (QED) is 0.852. The van der Waals surface area contributed by atoms with Crippen molar-refractivity contribution in [3.8, 4) is 5.75 Å². The summed E-state index contributed by atoms with van der Waals surface area (Å²) in [5, 5.41) is 9.17. The van der Waals surface area contributed by atoms with Crippen molar-refractivity contribution in [1.29, 1.82) is 0 Å². The van der Waals surface area contributed by atoms with Gasteiger partial charge < -0.3 is 10.0 Å². The topological polar surface area (TPSA) is 40.5 Å². The zero-order chi connectivity index (χ0) is 12.8. The van der Waals surface area contributed by atoms with Crippen LogP contribution in [0.25, 0.3) is 0 Å². The molecule has 1 atom stereocenters. The van der Waals surface area contributed by atoms with Crippen LogP contribution in [0.15, 0.2) is 24.3 Å². The first-order valence-corrected chi connectivity index (χ1v) is 6.04. The molecule has 0 aliphatic heterocycles. The number of aromatic hydroxyl groups is 1. The van der Waals surface area contributed by atoms with Gasteiger partial charge in [0.25, 0.3) is 0 Å². The highest BCUT2D eigenvalue weighted by atomic mass is 16.3. The number of benzene rings is 1. The molecule has 0 bridgehead atoms. The lowest BCUT2D eigenvalue weighted by atomic mass is 10.0. The second-order valence-electron chi connectivity index (χ2n) is 4.63. The summed E-state index contributed by atoms with van der Waals surface area (Å²) in [6.07, 6.45) is 1.63. The van der Waals surface area contributed by atoms with Gasteiger partial charge in [-0.25, -0.2) is 0 Å². The monoisotopic (exact) mass is 235 g/mol. The normalized spacial score (nSPS) is 12.2. The summed E-state index contributed by atoms with van der Waals surface area (Å²) >= 11 is 0. The fourth-order valence-corrected chi connectivity index (χ4v) is 1.56. The van der Waals surface area contributed by atoms with Crippen molar-refractivity contribution in [2.24, 2.45) is 5.92 Å². The molecule has 17 heavy (non-hydrogen) atoms. The summed E-state index contributed by atoms with van der Waals surface area (Å²) in [6, 6.07) is 6.95. The van der Waals surface area contributed by atoms with Crippen LogP contribution in [0.1, 0.15) is 32.3 Å². The second-order valence-corrected chi connectivity index (χ2v) is 4.63. The molecular weight excluding hydrogens is 214 g/mol. The Balaban J connectivity index is 2.51. The number of hydrogen-bond acceptors (Lipinski definition) is 2. The number of phenolic OH excluding ortho intramolecular Hbond substituents is 1. The van der Waals surface area contributed by atoms with Crippen LogP contribution >= 0.6 is 0 Å². The van der Waals surface area contributed by atoms with Gasteiger partial charge in [-0.3, -0.25) is 4.79 Å². The molecule has 0 radical (unpaired) electrons. The molecule has 0 aliphatic rings. The number of rotatable bonds is 5. The van der Waals surface area contributed by atoms with Gasteiger partial charge in [-0.2, -0.15) is 0 Å². The van der Waals surface area contributed by atoms with E-state index in [9.17, 15) is 9.90 Å². The van der Waals surface area contributed by atoms with Crippen LogP contribution in [-0.2, 0) is 11.3 Å². The van der Waals surface area contributed by atoms with Gasteiger partial charge in [0.05, 0.1) is 0 Å². The summed E-state index contributed by atoms with van der Waals surface area (Å²) in [5.41, 5.74) is 1.03. The molecule has 0 heterocycles. The van der Waals surface area contributed by atoms with Crippen LogP contribution in [-0.4, -0.2) is 23.0 Å². The molecule has 1 unspecified atom stereocenters. The zero-order valence-corrected chi connectivity index (χ0v) is 10.8. The number of carbonyl (C=O) groups excluding carboxylic acids is 1. The number of phenols is 1. The highest BCUT2D eigenvalue weighted by Gasteiger charge is 2.12. The molecule has 0 saturated heterocycles. The molecule has 1 amide bonds. The maximum Gasteiger partial charge on any atom is 0.222 e. The fourth-order valence-electron chi connectivity index (χ4n) is 1.56. The van der Waals surface area contributed by atoms with E-state index in [1.54, 1.807) is 17.0 Å². The molecule has 1 aromatic rings. The smallest absolute Gasteiger partial charge is 0.222 e. The van der Waals surface area contributed by atoms with Crippen molar-refractivity contribution in [2.75, 3.05) is 7.05 Å². The standard InChI is InChI=1S/C14H21NO2/c1-4-11(2)9-14(17)15(3)10-12-5-7-13(16)8-6-12/h5-8,11,16H,4,9-10H2,1-3H3. The number of nitrogens with zero attached hydrogens (tertiary/aromatic N) is 1. The van der Waals surface area contributed by atoms with Crippen molar-refractivity contribution in [3.05, 3.63) is 29.8 Å². The predicted octanol–water partition coefficient (Wildman–Crippen LogP) is 2.79. The van der Waals surface area contributed by atoms with E-state index in [1.165, 1.54) is 0 Å². The Morgan fingerprint density at radius 2 is 1.94 bits per heavy atom. The molecule has 3 nitrogen and oxygen atoms in total. The summed E-state index contributed by atoms with van der Waals surface area (Å²) < 4.78 is 0. The minimum absolute atomic E-state index is 0.174. The Morgan fingerprint density at radius 1 is 1.35 bits per heavy atom. The van der Waals surface area contributed by atoms with Crippen molar-refractivity contribution >= 4 is 5.91 Å². The van der Waals surface area contributed by atoms with E-state index in [4.69, 9.17) is 0 Å². The summed E-state index contributed by atoms with van der Waals surface area (Å²) in [6.45, 7) is 4.78. The van der Waals surface area contributed by atoms with Crippen LogP contribution in [0.5, 0.6) is 5.75 Å². The molecule has 0 aliphatic carbocycles. The van der Waals surface area contributed by atoms with Gasteiger partial charge in [-0.1, -0.05) is 32.4 Å². The molecular formula is C14H21NO2. The Kier molecular flexibility index (Phi) is 5.01. The molecule has 1 aromatic carbocycles. The van der Waals surface area contributed by atoms with Crippen LogP contribution in [0.3, 0.4) is 0 Å². The molecule has 1 N–H and O–H groups in total. The van der Waals surface area contributed by atoms with E-state index < -0.39 is 0 Å². The number of hydrogen-bond donors (Lipinski definition) is 1. The first-order chi connectivity index (χ1) is 8.02. The summed E-state index contributed by atoms with van der Waals surface area (Å²) in [4.78, 5) is 13.6. The van der Waals surface area contributed by atoms with Crippen LogP contribution < -0.4 is 0 Å². The van der Waals surface area contributed by atoms with E-state index in [0.29, 0.717) is 18.9 Å². The lowest BCUT2D eigenvalue weighted by Gasteiger charge is -2.19. The van der Waals surface area contributed by atoms with Gasteiger partial charge in [0.15, 0.2) is 0 Å². The molecule has 0 fully saturated rings. The van der Waals surface area contributed by atoms with E-state index >= 15 is 0 Å². The van der Waals surface area contributed by atoms with Gasteiger partial charge in [0.2, 0.25) is 5.91 Å². The lowest BCUT2D eigenvalue weighted by molar-refractivity contribution is -0.131. The third-order valence-electron chi connectivity index (χ3n) is 3.00. The Morgan fingerprint density at radius 3 is 2.47 bits per heavy atom. The third-order valence-corrected chi connectivity index (χ3v) is 3.00. The molecule has 0 aromatic heterocycles. The van der Waals surface area contributed by atoms with Crippen LogP contribution in [0.4, 0.5) is 0 Å². The Bertz CT molecular complexity index is 359. The van der Waals surface area contributed by atoms with Crippen LogP contribution in [0.2, 0.25) is 0 Å². The molecule has 0 saturated carbocycles. The minimum atomic E-state index is 0.174. The van der Waals surface area contributed by atoms with Gasteiger partial charge in [0, 0.05) is 20.0 Å². The lowest BCUT2D eigenvalue weighted by Crippen LogP contribution is -2.27. The highest BCUT2D eigenvalue weighted by molar-refractivity contribution is 5.76. The van der Waals surface area contributed by atoms with Crippen molar-refractivity contribution in [2.45, 2.75) is 33.2 Å². The second kappa shape index (κ2) is 6.28. The van der Waals surface area contributed by atoms with E-state index in [2.05, 4.69) is 13.8 Å². The maximum absolute atomic E-state index is 11.9. The van der Waals surface area contributed by atoms with Crippen molar-refractivity contribution < 1.29 is 9.90 Å². The molecule has 0 spiro atoms. The molecule has 1 rings (SSSR count). The Hall–Kier alpha value is -1.51. The molecule has 94 valence electrons. The van der Waals surface area contributed by atoms with Crippen molar-refractivity contribution in [1.82, 2.24) is 4.90 Å². The van der Waals surface area contributed by atoms with Crippen molar-refractivity contribution in [3.63, 3.8) is 0 Å². The summed E-state index contributed by atoms with van der Waals surface area (Å²) in [7, 11) is 1.82. The molecule has 3 heteroatoms. The number of amides is 1. The largest absolute Gasteiger partial charge is 0.508 e. The average molecular weight is 235 g/mol. The Labute approximate surface area is 103 Å². The van der Waals surface area contributed by atoms with Gasteiger partial charge in [0.1, 0.15) is 5.75 Å². The third kappa shape index (κ3) is 4.47.